The second kappa shape index (κ2) is 42.2. The second-order valence-electron chi connectivity index (χ2n) is 18.5. The lowest BCUT2D eigenvalue weighted by Crippen LogP contribution is -2.60. The highest BCUT2D eigenvalue weighted by Crippen LogP contribution is 2.24. The van der Waals surface area contributed by atoms with E-state index in [0.717, 1.165) is 64.2 Å². The molecule has 6 atom stereocenters. The second-order valence-corrected chi connectivity index (χ2v) is 20.0. The number of hydrogen-bond donors (Lipinski definition) is 4. The van der Waals surface area contributed by atoms with Crippen LogP contribution in [0.25, 0.3) is 0 Å². The highest BCUT2D eigenvalue weighted by atomic mass is 32.2. The standard InChI is InChI=1S/C52H96O12S/c1-3-5-7-9-11-13-15-17-19-20-21-22-23-24-25-26-27-29-30-32-34-36-38-40-47(53)61-42-45(43-62-52-51(57)50(56)49(55)46(64-52)44-65(58,59)60)63-48(54)41-39-37-35-33-31-28-18-16-14-12-10-8-6-4-2/h10,12,16,18,45-46,49-52,55-57H,3-9,11,13-15,17,19-44H2,1-2H3,(H,58,59,60)/b12-10-,18-16-. The zero-order valence-corrected chi connectivity index (χ0v) is 41.9. The lowest BCUT2D eigenvalue weighted by atomic mass is 10.00. The number of rotatable bonds is 45. The highest BCUT2D eigenvalue weighted by molar-refractivity contribution is 7.85. The molecule has 0 aromatic heterocycles. The first kappa shape index (κ1) is 61.1. The quantitative estimate of drug-likeness (QED) is 0.0196. The van der Waals surface area contributed by atoms with Crippen LogP contribution in [0, 0.1) is 0 Å². The molecule has 0 aliphatic carbocycles. The molecule has 0 spiro atoms. The number of hydrogen-bond acceptors (Lipinski definition) is 11. The van der Waals surface area contributed by atoms with E-state index in [9.17, 15) is 37.9 Å². The van der Waals surface area contributed by atoms with E-state index in [-0.39, 0.29) is 19.4 Å². The van der Waals surface area contributed by atoms with E-state index in [1.165, 1.54) is 135 Å². The van der Waals surface area contributed by atoms with Gasteiger partial charge in [0.25, 0.3) is 10.1 Å². The summed E-state index contributed by atoms with van der Waals surface area (Å²) in [4.78, 5) is 25.5. The van der Waals surface area contributed by atoms with Crippen molar-refractivity contribution in [1.29, 1.82) is 0 Å². The summed E-state index contributed by atoms with van der Waals surface area (Å²) < 4.78 is 54.2. The Labute approximate surface area is 396 Å². The smallest absolute Gasteiger partial charge is 0.306 e. The average Bonchev–Trinajstić information content (AvgIpc) is 3.27. The van der Waals surface area contributed by atoms with Crippen LogP contribution in [0.1, 0.15) is 239 Å². The summed E-state index contributed by atoms with van der Waals surface area (Å²) in [5.41, 5.74) is 0. The first-order valence-electron chi connectivity index (χ1n) is 26.4. The van der Waals surface area contributed by atoms with Crippen LogP contribution in [0.2, 0.25) is 0 Å². The number of carbonyl (C=O) groups is 2. The monoisotopic (exact) mass is 945 g/mol. The number of aliphatic hydroxyl groups is 3. The van der Waals surface area contributed by atoms with Gasteiger partial charge in [0.2, 0.25) is 0 Å². The minimum Gasteiger partial charge on any atom is -0.462 e. The maximum Gasteiger partial charge on any atom is 0.306 e. The van der Waals surface area contributed by atoms with Crippen molar-refractivity contribution in [1.82, 2.24) is 0 Å². The van der Waals surface area contributed by atoms with Gasteiger partial charge in [0.05, 0.1) is 6.61 Å². The van der Waals surface area contributed by atoms with Crippen molar-refractivity contribution in [3.8, 4) is 0 Å². The molecular formula is C52H96O12S. The van der Waals surface area contributed by atoms with Crippen LogP contribution in [0.5, 0.6) is 0 Å². The number of allylic oxidation sites excluding steroid dienone is 4. The van der Waals surface area contributed by atoms with Crippen LogP contribution >= 0.6 is 0 Å². The Hall–Kier alpha value is -1.87. The molecule has 12 nitrogen and oxygen atoms in total. The van der Waals surface area contributed by atoms with Gasteiger partial charge < -0.3 is 34.3 Å². The van der Waals surface area contributed by atoms with Crippen LogP contribution in [-0.4, -0.2) is 96.0 Å². The Morgan fingerprint density at radius 3 is 1.40 bits per heavy atom. The van der Waals surface area contributed by atoms with Gasteiger partial charge in [-0.2, -0.15) is 8.42 Å². The third kappa shape index (κ3) is 36.8. The predicted molar refractivity (Wildman–Crippen MR) is 261 cm³/mol. The molecule has 1 rings (SSSR count). The molecule has 4 N–H and O–H groups in total. The molecule has 1 aliphatic heterocycles. The minimum absolute atomic E-state index is 0.151. The maximum absolute atomic E-state index is 12.8. The van der Waals surface area contributed by atoms with Crippen molar-refractivity contribution in [3.63, 3.8) is 0 Å². The van der Waals surface area contributed by atoms with Gasteiger partial charge in [-0.1, -0.05) is 212 Å². The van der Waals surface area contributed by atoms with Crippen LogP contribution < -0.4 is 0 Å². The normalized spacial score (nSPS) is 19.6. The molecule has 382 valence electrons. The molecule has 0 radical (unpaired) electrons. The van der Waals surface area contributed by atoms with Gasteiger partial charge in [0.1, 0.15) is 36.8 Å². The summed E-state index contributed by atoms with van der Waals surface area (Å²) in [6.45, 7) is 3.74. The molecule has 13 heteroatoms. The summed E-state index contributed by atoms with van der Waals surface area (Å²) in [6, 6.07) is 0. The number of unbranched alkanes of at least 4 members (excludes halogenated alkanes) is 29. The molecule has 1 fully saturated rings. The SMILES string of the molecule is CCCC/C=C\C/C=C\CCCCCCCC(=O)OC(COC(=O)CCCCCCCCCCCCCCCCCCCCCCCCC)COC1OC(CS(=O)(=O)O)C(O)C(O)C1O. The van der Waals surface area contributed by atoms with E-state index in [4.69, 9.17) is 18.9 Å². The summed E-state index contributed by atoms with van der Waals surface area (Å²) in [7, 11) is -4.60. The Morgan fingerprint density at radius 1 is 0.523 bits per heavy atom. The minimum atomic E-state index is -4.60. The molecule has 0 bridgehead atoms. The Bertz CT molecular complexity index is 1290. The van der Waals surface area contributed by atoms with E-state index in [1.807, 2.05) is 0 Å². The topological polar surface area (TPSA) is 186 Å². The molecule has 1 aliphatic rings. The molecule has 0 aromatic rings. The molecule has 0 amide bonds. The van der Waals surface area contributed by atoms with Crippen molar-refractivity contribution in [3.05, 3.63) is 24.3 Å². The largest absolute Gasteiger partial charge is 0.462 e. The number of ether oxygens (including phenoxy) is 4. The van der Waals surface area contributed by atoms with Crippen molar-refractivity contribution in [2.75, 3.05) is 19.0 Å². The molecule has 1 saturated heterocycles. The molecular weight excluding hydrogens is 849 g/mol. The molecule has 0 aromatic carbocycles. The first-order chi connectivity index (χ1) is 31.5. The fourth-order valence-electron chi connectivity index (χ4n) is 8.17. The van der Waals surface area contributed by atoms with Crippen molar-refractivity contribution >= 4 is 22.1 Å². The summed E-state index contributed by atoms with van der Waals surface area (Å²) in [5, 5.41) is 31.0. The van der Waals surface area contributed by atoms with Gasteiger partial charge in [0.15, 0.2) is 12.4 Å². The third-order valence-electron chi connectivity index (χ3n) is 12.3. The molecule has 65 heavy (non-hydrogen) atoms. The molecule has 6 unspecified atom stereocenters. The van der Waals surface area contributed by atoms with Crippen LogP contribution in [0.3, 0.4) is 0 Å². The van der Waals surface area contributed by atoms with Crippen LogP contribution in [0.15, 0.2) is 24.3 Å². The van der Waals surface area contributed by atoms with E-state index in [0.29, 0.717) is 12.8 Å². The number of aliphatic hydroxyl groups excluding tert-OH is 3. The molecule has 1 heterocycles. The fourth-order valence-corrected chi connectivity index (χ4v) is 8.86. The average molecular weight is 945 g/mol. The van der Waals surface area contributed by atoms with Gasteiger partial charge in [-0.05, 0) is 38.5 Å². The Balaban J connectivity index is 2.31. The third-order valence-corrected chi connectivity index (χ3v) is 13.0. The van der Waals surface area contributed by atoms with Crippen LogP contribution in [0.4, 0.5) is 0 Å². The van der Waals surface area contributed by atoms with Gasteiger partial charge in [-0.15, -0.1) is 0 Å². The van der Waals surface area contributed by atoms with Gasteiger partial charge in [0, 0.05) is 12.8 Å². The Morgan fingerprint density at radius 2 is 0.938 bits per heavy atom. The van der Waals surface area contributed by atoms with Crippen molar-refractivity contribution < 1.29 is 56.8 Å². The molecule has 0 saturated carbocycles. The fraction of sp³-hybridized carbons (Fsp3) is 0.885. The Kier molecular flexibility index (Phi) is 39.7. The van der Waals surface area contributed by atoms with Crippen LogP contribution in [-0.2, 0) is 38.7 Å². The predicted octanol–water partition coefficient (Wildman–Crippen LogP) is 12.0. The summed E-state index contributed by atoms with van der Waals surface area (Å²) >= 11 is 0. The summed E-state index contributed by atoms with van der Waals surface area (Å²) in [6.07, 6.45) is 39.4. The van der Waals surface area contributed by atoms with Crippen molar-refractivity contribution in [2.24, 2.45) is 0 Å². The number of esters is 2. The summed E-state index contributed by atoms with van der Waals surface area (Å²) in [5.74, 6) is -1.99. The van der Waals surface area contributed by atoms with Gasteiger partial charge in [-0.3, -0.25) is 14.1 Å². The highest BCUT2D eigenvalue weighted by Gasteiger charge is 2.46. The maximum atomic E-state index is 12.8. The van der Waals surface area contributed by atoms with Gasteiger partial charge >= 0.3 is 11.9 Å². The lowest BCUT2D eigenvalue weighted by molar-refractivity contribution is -0.297. The van der Waals surface area contributed by atoms with E-state index in [2.05, 4.69) is 38.2 Å². The first-order valence-corrected chi connectivity index (χ1v) is 28.0. The van der Waals surface area contributed by atoms with Crippen molar-refractivity contribution in [2.45, 2.75) is 275 Å². The van der Waals surface area contributed by atoms with Gasteiger partial charge in [-0.25, -0.2) is 0 Å². The zero-order chi connectivity index (χ0) is 47.6. The lowest BCUT2D eigenvalue weighted by Gasteiger charge is -2.40. The van der Waals surface area contributed by atoms with E-state index >= 15 is 0 Å². The zero-order valence-electron chi connectivity index (χ0n) is 41.1. The van der Waals surface area contributed by atoms with E-state index in [1.54, 1.807) is 0 Å². The number of carbonyl (C=O) groups excluding carboxylic acids is 2. The van der Waals surface area contributed by atoms with E-state index < -0.39 is 71.2 Å².